The summed E-state index contributed by atoms with van der Waals surface area (Å²) >= 11 is 13.3. The molecular formula is C16H12Cl2FN3OS. The van der Waals surface area contributed by atoms with Crippen molar-refractivity contribution in [3.05, 3.63) is 58.3 Å². The maximum absolute atomic E-state index is 13.7. The molecule has 0 atom stereocenters. The Morgan fingerprint density at radius 1 is 1.17 bits per heavy atom. The second kappa shape index (κ2) is 7.88. The van der Waals surface area contributed by atoms with Crippen molar-refractivity contribution in [2.24, 2.45) is 0 Å². The molecule has 24 heavy (non-hydrogen) atoms. The fourth-order valence-corrected chi connectivity index (χ4v) is 3.04. The van der Waals surface area contributed by atoms with Gasteiger partial charge in [0.2, 0.25) is 5.16 Å². The second-order valence-corrected chi connectivity index (χ2v) is 6.62. The summed E-state index contributed by atoms with van der Waals surface area (Å²) in [5, 5.41) is 8.36. The molecule has 0 spiro atoms. The van der Waals surface area contributed by atoms with E-state index in [9.17, 15) is 4.39 Å². The molecule has 124 valence electrons. The number of rotatable bonds is 6. The van der Waals surface area contributed by atoms with Gasteiger partial charge in [-0.2, -0.15) is 0 Å². The van der Waals surface area contributed by atoms with Crippen molar-refractivity contribution >= 4 is 35.0 Å². The Balaban J connectivity index is 1.54. The zero-order valence-corrected chi connectivity index (χ0v) is 14.6. The van der Waals surface area contributed by atoms with Crippen LogP contribution in [0.25, 0.3) is 11.4 Å². The monoisotopic (exact) mass is 383 g/mol. The van der Waals surface area contributed by atoms with Crippen LogP contribution in [-0.2, 0) is 0 Å². The smallest absolute Gasteiger partial charge is 0.208 e. The molecular weight excluding hydrogens is 372 g/mol. The number of H-pyrrole nitrogens is 1. The number of aromatic amines is 1. The first-order chi connectivity index (χ1) is 11.6. The van der Waals surface area contributed by atoms with Gasteiger partial charge in [-0.15, -0.1) is 5.10 Å². The molecule has 0 radical (unpaired) electrons. The summed E-state index contributed by atoms with van der Waals surface area (Å²) in [5.41, 5.74) is 0.390. The van der Waals surface area contributed by atoms with E-state index in [1.165, 1.54) is 17.8 Å². The van der Waals surface area contributed by atoms with Gasteiger partial charge in [-0.1, -0.05) is 47.1 Å². The summed E-state index contributed by atoms with van der Waals surface area (Å²) in [4.78, 5) is 4.27. The highest BCUT2D eigenvalue weighted by molar-refractivity contribution is 7.99. The standard InChI is InChI=1S/C16H12Cl2FN3OS/c17-10-5-6-14(12(18)9-10)23-7-8-24-16-20-15(21-22-16)11-3-1-2-4-13(11)19/h1-6,9H,7-8H2,(H,20,21,22). The number of hydrogen-bond acceptors (Lipinski definition) is 4. The van der Waals surface area contributed by atoms with Crippen LogP contribution in [0.3, 0.4) is 0 Å². The molecule has 1 aromatic heterocycles. The summed E-state index contributed by atoms with van der Waals surface area (Å²) in [7, 11) is 0. The Labute approximate surface area is 152 Å². The van der Waals surface area contributed by atoms with E-state index in [1.54, 1.807) is 36.4 Å². The quantitative estimate of drug-likeness (QED) is 0.475. The third-order valence-electron chi connectivity index (χ3n) is 3.06. The van der Waals surface area contributed by atoms with Gasteiger partial charge in [0.15, 0.2) is 5.82 Å². The van der Waals surface area contributed by atoms with Crippen LogP contribution in [0, 0.1) is 5.82 Å². The molecule has 3 rings (SSSR count). The molecule has 0 aliphatic carbocycles. The predicted octanol–water partition coefficient (Wildman–Crippen LogP) is 5.09. The van der Waals surface area contributed by atoms with Crippen LogP contribution in [0.5, 0.6) is 5.75 Å². The maximum Gasteiger partial charge on any atom is 0.208 e. The zero-order chi connectivity index (χ0) is 16.9. The van der Waals surface area contributed by atoms with Gasteiger partial charge in [-0.25, -0.2) is 9.37 Å². The maximum atomic E-state index is 13.7. The van der Waals surface area contributed by atoms with Crippen molar-refractivity contribution in [3.63, 3.8) is 0 Å². The predicted molar refractivity (Wildman–Crippen MR) is 94.5 cm³/mol. The van der Waals surface area contributed by atoms with E-state index >= 15 is 0 Å². The van der Waals surface area contributed by atoms with Gasteiger partial charge < -0.3 is 4.74 Å². The van der Waals surface area contributed by atoms with Crippen LogP contribution in [0.1, 0.15) is 0 Å². The number of thioether (sulfide) groups is 1. The van der Waals surface area contributed by atoms with Crippen LogP contribution < -0.4 is 4.74 Å². The Morgan fingerprint density at radius 2 is 2.00 bits per heavy atom. The minimum Gasteiger partial charge on any atom is -0.491 e. The first-order valence-corrected chi connectivity index (χ1v) is 8.75. The van der Waals surface area contributed by atoms with E-state index in [4.69, 9.17) is 27.9 Å². The minimum absolute atomic E-state index is 0.342. The zero-order valence-electron chi connectivity index (χ0n) is 12.3. The number of halogens is 3. The largest absolute Gasteiger partial charge is 0.491 e. The number of ether oxygens (including phenoxy) is 1. The Kier molecular flexibility index (Phi) is 5.60. The third kappa shape index (κ3) is 4.20. The van der Waals surface area contributed by atoms with Gasteiger partial charge >= 0.3 is 0 Å². The molecule has 0 saturated heterocycles. The summed E-state index contributed by atoms with van der Waals surface area (Å²) in [5.74, 6) is 1.25. The summed E-state index contributed by atoms with van der Waals surface area (Å²) in [6.45, 7) is 0.426. The molecule has 1 heterocycles. The van der Waals surface area contributed by atoms with Crippen molar-refractivity contribution in [2.45, 2.75) is 5.16 Å². The Morgan fingerprint density at radius 3 is 2.79 bits per heavy atom. The topological polar surface area (TPSA) is 50.8 Å². The molecule has 0 aliphatic heterocycles. The summed E-state index contributed by atoms with van der Waals surface area (Å²) in [6.07, 6.45) is 0. The van der Waals surface area contributed by atoms with Gasteiger partial charge in [0.25, 0.3) is 0 Å². The SMILES string of the molecule is Fc1ccccc1-c1nc(SCCOc2ccc(Cl)cc2Cl)n[nH]1. The van der Waals surface area contributed by atoms with E-state index in [0.717, 1.165) is 0 Å². The lowest BCUT2D eigenvalue weighted by Crippen LogP contribution is -2.00. The number of hydrogen-bond donors (Lipinski definition) is 1. The van der Waals surface area contributed by atoms with E-state index in [2.05, 4.69) is 15.2 Å². The molecule has 1 N–H and O–H groups in total. The highest BCUT2D eigenvalue weighted by atomic mass is 35.5. The molecule has 0 fully saturated rings. The average Bonchev–Trinajstić information content (AvgIpc) is 3.02. The fourth-order valence-electron chi connectivity index (χ4n) is 1.96. The number of benzene rings is 2. The molecule has 0 saturated carbocycles. The first kappa shape index (κ1) is 17.1. The van der Waals surface area contributed by atoms with Gasteiger partial charge in [0, 0.05) is 10.8 Å². The van der Waals surface area contributed by atoms with E-state index in [1.807, 2.05) is 0 Å². The van der Waals surface area contributed by atoms with Crippen LogP contribution in [0.15, 0.2) is 47.6 Å². The third-order valence-corrected chi connectivity index (χ3v) is 4.40. The first-order valence-electron chi connectivity index (χ1n) is 7.01. The van der Waals surface area contributed by atoms with Crippen molar-refractivity contribution < 1.29 is 9.13 Å². The molecule has 0 bridgehead atoms. The molecule has 4 nitrogen and oxygen atoms in total. The highest BCUT2D eigenvalue weighted by Gasteiger charge is 2.10. The molecule has 8 heteroatoms. The summed E-state index contributed by atoms with van der Waals surface area (Å²) in [6, 6.07) is 11.5. The van der Waals surface area contributed by atoms with Crippen molar-refractivity contribution in [3.8, 4) is 17.1 Å². The Bertz CT molecular complexity index is 844. The van der Waals surface area contributed by atoms with E-state index in [-0.39, 0.29) is 5.82 Å². The van der Waals surface area contributed by atoms with Crippen molar-refractivity contribution in [1.29, 1.82) is 0 Å². The molecule has 0 unspecified atom stereocenters. The van der Waals surface area contributed by atoms with Crippen LogP contribution in [0.4, 0.5) is 4.39 Å². The lowest BCUT2D eigenvalue weighted by atomic mass is 10.2. The highest BCUT2D eigenvalue weighted by Crippen LogP contribution is 2.28. The van der Waals surface area contributed by atoms with Crippen molar-refractivity contribution in [1.82, 2.24) is 15.2 Å². The van der Waals surface area contributed by atoms with Gasteiger partial charge in [0.05, 0.1) is 17.2 Å². The lowest BCUT2D eigenvalue weighted by Gasteiger charge is -2.07. The second-order valence-electron chi connectivity index (χ2n) is 4.72. The van der Waals surface area contributed by atoms with E-state index < -0.39 is 0 Å². The molecule has 2 aromatic carbocycles. The number of nitrogens with one attached hydrogen (secondary N) is 1. The molecule has 0 amide bonds. The molecule has 3 aromatic rings. The van der Waals surface area contributed by atoms with Crippen molar-refractivity contribution in [2.75, 3.05) is 12.4 Å². The van der Waals surface area contributed by atoms with Crippen LogP contribution >= 0.6 is 35.0 Å². The normalized spacial score (nSPS) is 10.8. The number of aromatic nitrogens is 3. The lowest BCUT2D eigenvalue weighted by molar-refractivity contribution is 0.344. The average molecular weight is 384 g/mol. The van der Waals surface area contributed by atoms with Gasteiger partial charge in [0.1, 0.15) is 11.6 Å². The summed E-state index contributed by atoms with van der Waals surface area (Å²) < 4.78 is 19.3. The molecule has 0 aliphatic rings. The Hall–Kier alpha value is -1.76. The van der Waals surface area contributed by atoms with Gasteiger partial charge in [-0.05, 0) is 30.3 Å². The van der Waals surface area contributed by atoms with E-state index in [0.29, 0.717) is 44.7 Å². The fraction of sp³-hybridized carbons (Fsp3) is 0.125. The van der Waals surface area contributed by atoms with Crippen LogP contribution in [-0.4, -0.2) is 27.5 Å². The number of nitrogens with zero attached hydrogens (tertiary/aromatic N) is 2. The van der Waals surface area contributed by atoms with Gasteiger partial charge in [-0.3, -0.25) is 5.10 Å². The van der Waals surface area contributed by atoms with Crippen LogP contribution in [0.2, 0.25) is 10.0 Å². The minimum atomic E-state index is -0.342.